The Morgan fingerprint density at radius 3 is 1.75 bits per heavy atom. The SMILES string of the molecule is CNC(CS)C(=O)NC(CCC(=O)O)C(=O)NC(CC(C)C)C(=O)NC(CCCN=C(N)N)C(=O)NC(CCSC)C(=O)NC(Cc1cnc[nH]1)C(=O)NC(CCCCN)C(=O)NC(Cc1c[nH]c2ccccc12)C(=O)O. The van der Waals surface area contributed by atoms with Crippen molar-refractivity contribution in [2.45, 2.75) is 133 Å². The summed E-state index contributed by atoms with van der Waals surface area (Å²) in [5.74, 6) is -8.03. The lowest BCUT2D eigenvalue weighted by Gasteiger charge is -2.28. The smallest absolute Gasteiger partial charge is 0.326 e. The van der Waals surface area contributed by atoms with Gasteiger partial charge >= 0.3 is 11.9 Å². The number of fused-ring (bicyclic) bond motifs is 1. The number of thioether (sulfide) groups is 1. The molecule has 0 aliphatic rings. The minimum Gasteiger partial charge on any atom is -0.481 e. The second-order valence-corrected chi connectivity index (χ2v) is 20.1. The number of aliphatic imine (C=N–C) groups is 1. The molecule has 0 saturated heterocycles. The number of aliphatic carboxylic acids is 2. The Balaban J connectivity index is 1.92. The van der Waals surface area contributed by atoms with Crippen molar-refractivity contribution in [1.29, 1.82) is 0 Å². The number of aromatic nitrogens is 3. The van der Waals surface area contributed by atoms with Gasteiger partial charge in [-0.15, -0.1) is 0 Å². The van der Waals surface area contributed by atoms with E-state index in [0.717, 1.165) is 10.9 Å². The maximum Gasteiger partial charge on any atom is 0.326 e. The summed E-state index contributed by atoms with van der Waals surface area (Å²) < 4.78 is 0. The topological polar surface area (TPSA) is 425 Å². The number of nitrogens with one attached hydrogen (secondary N) is 10. The first kappa shape index (κ1) is 64.4. The standard InChI is InChI=1S/C49H77N15O11S2/c1-27(2)20-36(62-43(69)34(14-15-40(65)66)60-47(73)39(25-76)53-3)45(71)59-33(13-9-18-55-49(51)52)41(67)61-35(16-19-77-4)44(70)63-37(22-29-24-54-26-57-29)46(72)58-32(12-7-8-17-50)42(68)64-38(48(74)75)21-28-23-56-31-11-6-5-10-30(28)31/h5-6,10-11,23-24,26-27,32-39,53,56,76H,7-9,12-22,25,50H2,1-4H3,(H,54,57)(H,58,72)(H,59,71)(H,60,73)(H,61,67)(H,62,69)(H,63,70)(H,64,68)(H,65,66)(H,74,75)(H4,51,52,55). The number of aromatic amines is 2. The highest BCUT2D eigenvalue weighted by Crippen LogP contribution is 2.20. The Kier molecular flexibility index (Phi) is 28.4. The molecule has 18 N–H and O–H groups in total. The van der Waals surface area contributed by atoms with Crippen LogP contribution in [0.4, 0.5) is 0 Å². The maximum atomic E-state index is 14.4. The average molecular weight is 1120 g/mol. The van der Waals surface area contributed by atoms with Gasteiger partial charge in [-0.3, -0.25) is 43.3 Å². The van der Waals surface area contributed by atoms with Crippen molar-refractivity contribution in [2.75, 3.05) is 37.9 Å². The predicted octanol–water partition coefficient (Wildman–Crippen LogP) is -1.48. The van der Waals surface area contributed by atoms with Crippen LogP contribution in [0.5, 0.6) is 0 Å². The maximum absolute atomic E-state index is 14.4. The predicted molar refractivity (Wildman–Crippen MR) is 294 cm³/mol. The second kappa shape index (κ2) is 34.0. The number of benzene rings is 1. The molecule has 8 atom stereocenters. The number of imidazole rings is 1. The number of para-hydroxylation sites is 1. The summed E-state index contributed by atoms with van der Waals surface area (Å²) in [6.45, 7) is 3.90. The molecule has 0 fully saturated rings. The van der Waals surface area contributed by atoms with E-state index in [1.807, 2.05) is 24.3 Å². The fourth-order valence-corrected chi connectivity index (χ4v) is 8.86. The number of amides is 7. The Morgan fingerprint density at radius 1 is 0.688 bits per heavy atom. The Bertz CT molecular complexity index is 2430. The molecule has 3 rings (SSSR count). The lowest BCUT2D eigenvalue weighted by Crippen LogP contribution is -2.60. The van der Waals surface area contributed by atoms with Gasteiger partial charge in [0.15, 0.2) is 5.96 Å². The molecule has 3 aromatic rings. The summed E-state index contributed by atoms with van der Waals surface area (Å²) in [6, 6.07) is -2.88. The number of hydrogen-bond acceptors (Lipinski definition) is 15. The van der Waals surface area contributed by atoms with Crippen LogP contribution in [0.25, 0.3) is 10.9 Å². The molecule has 1 aromatic carbocycles. The summed E-state index contributed by atoms with van der Waals surface area (Å²) in [5, 5.41) is 41.7. The van der Waals surface area contributed by atoms with Crippen LogP contribution in [0.1, 0.15) is 82.9 Å². The van der Waals surface area contributed by atoms with Gasteiger partial charge in [0.25, 0.3) is 0 Å². The zero-order valence-corrected chi connectivity index (χ0v) is 45.6. The molecule has 77 heavy (non-hydrogen) atoms. The molecular weight excluding hydrogens is 1040 g/mol. The van der Waals surface area contributed by atoms with E-state index in [9.17, 15) is 53.4 Å². The molecule has 0 aliphatic carbocycles. The van der Waals surface area contributed by atoms with E-state index < -0.39 is 108 Å². The lowest BCUT2D eigenvalue weighted by molar-refractivity contribution is -0.142. The fraction of sp³-hybridized carbons (Fsp3) is 0.571. The molecule has 0 spiro atoms. The minimum atomic E-state index is -1.38. The van der Waals surface area contributed by atoms with Gasteiger partial charge in [-0.1, -0.05) is 32.0 Å². The first-order chi connectivity index (χ1) is 36.7. The number of likely N-dealkylation sites (N-methyl/N-ethyl adjacent to an activating group) is 1. The van der Waals surface area contributed by atoms with Crippen LogP contribution in [0.15, 0.2) is 48.0 Å². The molecule has 426 valence electrons. The van der Waals surface area contributed by atoms with E-state index in [-0.39, 0.29) is 82.1 Å². The van der Waals surface area contributed by atoms with Crippen LogP contribution in [0.3, 0.4) is 0 Å². The highest BCUT2D eigenvalue weighted by atomic mass is 32.2. The van der Waals surface area contributed by atoms with Gasteiger partial charge in [0.1, 0.15) is 42.3 Å². The number of nitrogens with zero attached hydrogens (tertiary/aromatic N) is 2. The third-order valence-electron chi connectivity index (χ3n) is 12.2. The first-order valence-electron chi connectivity index (χ1n) is 25.3. The van der Waals surface area contributed by atoms with Gasteiger partial charge in [0.05, 0.1) is 12.4 Å². The number of rotatable bonds is 37. The van der Waals surface area contributed by atoms with Gasteiger partial charge in [0.2, 0.25) is 41.4 Å². The normalized spacial score (nSPS) is 14.3. The Hall–Kier alpha value is -6.91. The number of thiol groups is 1. The first-order valence-corrected chi connectivity index (χ1v) is 27.4. The summed E-state index contributed by atoms with van der Waals surface area (Å²) in [7, 11) is 1.51. The number of guanidine groups is 1. The van der Waals surface area contributed by atoms with Crippen molar-refractivity contribution in [3.8, 4) is 0 Å². The van der Waals surface area contributed by atoms with E-state index in [1.54, 1.807) is 26.3 Å². The van der Waals surface area contributed by atoms with Gasteiger partial charge in [-0.25, -0.2) is 9.78 Å². The van der Waals surface area contributed by atoms with Crippen LogP contribution < -0.4 is 59.7 Å². The van der Waals surface area contributed by atoms with Crippen molar-refractivity contribution in [1.82, 2.24) is 57.5 Å². The van der Waals surface area contributed by atoms with Gasteiger partial charge < -0.3 is 79.9 Å². The molecule has 0 aliphatic heterocycles. The molecule has 2 heterocycles. The molecule has 0 bridgehead atoms. The van der Waals surface area contributed by atoms with Crippen LogP contribution in [0, 0.1) is 5.92 Å². The summed E-state index contributed by atoms with van der Waals surface area (Å²) in [5.41, 5.74) is 18.7. The molecule has 0 radical (unpaired) electrons. The number of hydrogen-bond donors (Lipinski definition) is 16. The van der Waals surface area contributed by atoms with Crippen molar-refractivity contribution in [3.05, 3.63) is 54.2 Å². The molecular formula is C49H77N15O11S2. The Morgan fingerprint density at radius 2 is 1.22 bits per heavy atom. The fourth-order valence-electron chi connectivity index (χ4n) is 8.04. The second-order valence-electron chi connectivity index (χ2n) is 18.7. The summed E-state index contributed by atoms with van der Waals surface area (Å²) >= 11 is 5.52. The van der Waals surface area contributed by atoms with E-state index in [2.05, 4.69) is 75.1 Å². The Labute approximate surface area is 456 Å². The number of carboxylic acids is 2. The van der Waals surface area contributed by atoms with E-state index in [4.69, 9.17) is 17.2 Å². The zero-order chi connectivity index (χ0) is 57.0. The number of carbonyl (C=O) groups excluding carboxylic acids is 7. The van der Waals surface area contributed by atoms with E-state index in [0.29, 0.717) is 29.9 Å². The van der Waals surface area contributed by atoms with Crippen molar-refractivity contribution in [3.63, 3.8) is 0 Å². The number of carbonyl (C=O) groups is 9. The highest BCUT2D eigenvalue weighted by molar-refractivity contribution is 7.98. The zero-order valence-electron chi connectivity index (χ0n) is 43.9. The van der Waals surface area contributed by atoms with Crippen molar-refractivity contribution < 1.29 is 53.4 Å². The van der Waals surface area contributed by atoms with E-state index >= 15 is 0 Å². The van der Waals surface area contributed by atoms with Crippen LogP contribution in [-0.4, -0.2) is 171 Å². The van der Waals surface area contributed by atoms with Gasteiger partial charge in [0, 0.05) is 60.6 Å². The van der Waals surface area contributed by atoms with Crippen LogP contribution in [-0.2, 0) is 56.0 Å². The molecule has 26 nitrogen and oxygen atoms in total. The molecule has 2 aromatic heterocycles. The molecule has 8 unspecified atom stereocenters. The molecule has 0 saturated carbocycles. The lowest BCUT2D eigenvalue weighted by atomic mass is 10.0. The van der Waals surface area contributed by atoms with Crippen LogP contribution >= 0.6 is 24.4 Å². The molecule has 28 heteroatoms. The minimum absolute atomic E-state index is 0.0417. The monoisotopic (exact) mass is 1120 g/mol. The third kappa shape index (κ3) is 22.7. The van der Waals surface area contributed by atoms with Gasteiger partial charge in [-0.2, -0.15) is 24.4 Å². The number of unbranched alkanes of at least 4 members (excludes halogenated alkanes) is 1. The van der Waals surface area contributed by atoms with Gasteiger partial charge in [-0.05, 0) is 94.5 Å². The third-order valence-corrected chi connectivity index (χ3v) is 13.2. The highest BCUT2D eigenvalue weighted by Gasteiger charge is 2.35. The van der Waals surface area contributed by atoms with Crippen molar-refractivity contribution in [2.24, 2.45) is 28.1 Å². The number of nitrogens with two attached hydrogens (primary N) is 3. The summed E-state index contributed by atoms with van der Waals surface area (Å²) in [6.07, 6.45) is 6.34. The quantitative estimate of drug-likeness (QED) is 0.0135. The number of carboxylic acid groups (broad SMARTS) is 2. The van der Waals surface area contributed by atoms with E-state index in [1.165, 1.54) is 31.3 Å². The number of H-pyrrole nitrogens is 2. The average Bonchev–Trinajstić information content (AvgIpc) is 4.06. The van der Waals surface area contributed by atoms with Crippen LogP contribution in [0.2, 0.25) is 0 Å². The molecule has 7 amide bonds. The largest absolute Gasteiger partial charge is 0.481 e. The summed E-state index contributed by atoms with van der Waals surface area (Å²) in [4.78, 5) is 136. The van der Waals surface area contributed by atoms with Crippen molar-refractivity contribution >= 4 is 94.5 Å².